The van der Waals surface area contributed by atoms with E-state index in [-0.39, 0.29) is 29.1 Å². The van der Waals surface area contributed by atoms with Gasteiger partial charge in [0.1, 0.15) is 17.3 Å². The minimum Gasteiger partial charge on any atom is -0.505 e. The van der Waals surface area contributed by atoms with Crippen LogP contribution in [0.15, 0.2) is 53.2 Å². The van der Waals surface area contributed by atoms with Gasteiger partial charge in [0.15, 0.2) is 11.6 Å². The maximum atomic E-state index is 13.3. The topological polar surface area (TPSA) is 79.5 Å². The van der Waals surface area contributed by atoms with Gasteiger partial charge in [0.2, 0.25) is 0 Å². The molecule has 1 aliphatic rings. The van der Waals surface area contributed by atoms with Crippen molar-refractivity contribution in [3.8, 4) is 5.75 Å². The van der Waals surface area contributed by atoms with Crippen LogP contribution >= 0.6 is 0 Å². The summed E-state index contributed by atoms with van der Waals surface area (Å²) < 4.78 is 19.2. The number of carbonyl (C=O) groups is 1. The van der Waals surface area contributed by atoms with Gasteiger partial charge in [-0.3, -0.25) is 4.79 Å². The van der Waals surface area contributed by atoms with E-state index in [2.05, 4.69) is 9.97 Å². The second kappa shape index (κ2) is 7.80. The van der Waals surface area contributed by atoms with Crippen molar-refractivity contribution in [3.05, 3.63) is 77.5 Å². The summed E-state index contributed by atoms with van der Waals surface area (Å²) in [7, 11) is 0. The van der Waals surface area contributed by atoms with Gasteiger partial charge in [-0.2, -0.15) is 0 Å². The molecule has 1 aliphatic heterocycles. The van der Waals surface area contributed by atoms with Crippen LogP contribution in [0.3, 0.4) is 0 Å². The minimum atomic E-state index is -0.297. The largest absolute Gasteiger partial charge is 0.505 e. The molecule has 7 heteroatoms. The highest BCUT2D eigenvalue weighted by atomic mass is 19.1. The standard InChI is InChI=1S/C21H20FN3O3/c22-16-6-1-4-14(10-16)11-17-12-24-20(28-17)15-5-3-9-25(13-15)21(27)19-18(26)7-2-8-23-19/h1-2,4,6-8,10,12,15,26H,3,5,9,11,13H2/t15-/m0/s1. The molecule has 1 atom stereocenters. The summed E-state index contributed by atoms with van der Waals surface area (Å²) in [4.78, 5) is 22.7. The summed E-state index contributed by atoms with van der Waals surface area (Å²) in [6.07, 6.45) is 5.28. The zero-order valence-corrected chi connectivity index (χ0v) is 15.2. The molecule has 4 rings (SSSR count). The quantitative estimate of drug-likeness (QED) is 0.748. The fraction of sp³-hybridized carbons (Fsp3) is 0.286. The smallest absolute Gasteiger partial charge is 0.276 e. The van der Waals surface area contributed by atoms with Gasteiger partial charge in [0.05, 0.1) is 12.1 Å². The molecule has 0 radical (unpaired) electrons. The monoisotopic (exact) mass is 381 g/mol. The number of halogens is 1. The average molecular weight is 381 g/mol. The number of oxazole rings is 1. The normalized spacial score (nSPS) is 16.9. The number of hydrogen-bond donors (Lipinski definition) is 1. The van der Waals surface area contributed by atoms with Crippen molar-refractivity contribution in [2.24, 2.45) is 0 Å². The van der Waals surface area contributed by atoms with Crippen molar-refractivity contribution in [3.63, 3.8) is 0 Å². The lowest BCUT2D eigenvalue weighted by molar-refractivity contribution is 0.0688. The number of nitrogens with zero attached hydrogens (tertiary/aromatic N) is 3. The predicted octanol–water partition coefficient (Wildman–Crippen LogP) is 3.52. The first-order valence-electron chi connectivity index (χ1n) is 9.22. The molecular formula is C21H20FN3O3. The summed E-state index contributed by atoms with van der Waals surface area (Å²) in [5.41, 5.74) is 0.871. The number of piperidine rings is 1. The van der Waals surface area contributed by atoms with Gasteiger partial charge >= 0.3 is 0 Å². The third kappa shape index (κ3) is 3.88. The Balaban J connectivity index is 1.46. The van der Waals surface area contributed by atoms with Crippen LogP contribution < -0.4 is 0 Å². The van der Waals surface area contributed by atoms with Gasteiger partial charge in [-0.1, -0.05) is 12.1 Å². The number of amides is 1. The lowest BCUT2D eigenvalue weighted by atomic mass is 9.97. The van der Waals surface area contributed by atoms with Gasteiger partial charge in [0.25, 0.3) is 5.91 Å². The number of benzene rings is 1. The summed E-state index contributed by atoms with van der Waals surface area (Å²) in [6, 6.07) is 9.42. The molecule has 1 saturated heterocycles. The van der Waals surface area contributed by atoms with E-state index in [1.54, 1.807) is 23.2 Å². The number of aromatic nitrogens is 2. The second-order valence-corrected chi connectivity index (χ2v) is 6.93. The molecule has 144 valence electrons. The molecule has 3 aromatic rings. The minimum absolute atomic E-state index is 0.0233. The Morgan fingerprint density at radius 1 is 1.29 bits per heavy atom. The van der Waals surface area contributed by atoms with Crippen LogP contribution in [0.4, 0.5) is 4.39 Å². The molecule has 1 amide bonds. The SMILES string of the molecule is O=C(c1ncccc1O)N1CCC[C@H](c2ncc(Cc3cccc(F)c3)o2)C1. The van der Waals surface area contributed by atoms with E-state index in [1.807, 2.05) is 6.07 Å². The van der Waals surface area contributed by atoms with Crippen LogP contribution in [0.2, 0.25) is 0 Å². The lowest BCUT2D eigenvalue weighted by Gasteiger charge is -2.31. The first-order chi connectivity index (χ1) is 13.6. The Morgan fingerprint density at radius 2 is 2.18 bits per heavy atom. The van der Waals surface area contributed by atoms with Crippen molar-refractivity contribution in [1.82, 2.24) is 14.9 Å². The van der Waals surface area contributed by atoms with Crippen molar-refractivity contribution in [2.45, 2.75) is 25.2 Å². The fourth-order valence-electron chi connectivity index (χ4n) is 3.52. The highest BCUT2D eigenvalue weighted by Gasteiger charge is 2.30. The molecule has 0 spiro atoms. The average Bonchev–Trinajstić information content (AvgIpc) is 3.16. The highest BCUT2D eigenvalue weighted by Crippen LogP contribution is 2.29. The van der Waals surface area contributed by atoms with Crippen LogP contribution in [-0.2, 0) is 6.42 Å². The van der Waals surface area contributed by atoms with E-state index < -0.39 is 0 Å². The molecule has 28 heavy (non-hydrogen) atoms. The maximum Gasteiger partial charge on any atom is 0.276 e. The van der Waals surface area contributed by atoms with E-state index in [1.165, 1.54) is 24.4 Å². The first-order valence-corrected chi connectivity index (χ1v) is 9.22. The van der Waals surface area contributed by atoms with Crippen LogP contribution in [0.25, 0.3) is 0 Å². The summed E-state index contributed by atoms with van der Waals surface area (Å²) >= 11 is 0. The number of likely N-dealkylation sites (tertiary alicyclic amines) is 1. The van der Waals surface area contributed by atoms with E-state index in [9.17, 15) is 14.3 Å². The van der Waals surface area contributed by atoms with Gasteiger partial charge in [0, 0.05) is 25.7 Å². The van der Waals surface area contributed by atoms with Gasteiger partial charge in [-0.15, -0.1) is 0 Å². The molecular weight excluding hydrogens is 361 g/mol. The van der Waals surface area contributed by atoms with Gasteiger partial charge in [-0.05, 0) is 42.7 Å². The highest BCUT2D eigenvalue weighted by molar-refractivity contribution is 5.94. The van der Waals surface area contributed by atoms with E-state index in [4.69, 9.17) is 4.42 Å². The van der Waals surface area contributed by atoms with Crippen molar-refractivity contribution in [2.75, 3.05) is 13.1 Å². The Bertz CT molecular complexity index is 988. The number of aromatic hydroxyl groups is 1. The van der Waals surface area contributed by atoms with Crippen molar-refractivity contribution >= 4 is 5.91 Å². The zero-order valence-electron chi connectivity index (χ0n) is 15.2. The number of hydrogen-bond acceptors (Lipinski definition) is 5. The van der Waals surface area contributed by atoms with Crippen LogP contribution in [-0.4, -0.2) is 39.0 Å². The Labute approximate surface area is 161 Å². The summed E-state index contributed by atoms with van der Waals surface area (Å²) in [5.74, 6) is 0.513. The van der Waals surface area contributed by atoms with E-state index in [0.717, 1.165) is 18.4 Å². The Kier molecular flexibility index (Phi) is 5.06. The van der Waals surface area contributed by atoms with Crippen LogP contribution in [0, 0.1) is 5.82 Å². The Morgan fingerprint density at radius 3 is 3.00 bits per heavy atom. The van der Waals surface area contributed by atoms with Crippen LogP contribution in [0.5, 0.6) is 5.75 Å². The molecule has 1 fully saturated rings. The number of pyridine rings is 1. The van der Waals surface area contributed by atoms with Gasteiger partial charge in [-0.25, -0.2) is 14.4 Å². The molecule has 2 aromatic heterocycles. The molecule has 0 bridgehead atoms. The third-order valence-electron chi connectivity index (χ3n) is 4.89. The summed E-state index contributed by atoms with van der Waals surface area (Å²) in [6.45, 7) is 1.05. The van der Waals surface area contributed by atoms with E-state index >= 15 is 0 Å². The summed E-state index contributed by atoms with van der Waals surface area (Å²) in [5, 5.41) is 9.89. The molecule has 6 nitrogen and oxygen atoms in total. The third-order valence-corrected chi connectivity index (χ3v) is 4.89. The fourth-order valence-corrected chi connectivity index (χ4v) is 3.52. The van der Waals surface area contributed by atoms with Crippen molar-refractivity contribution < 1.29 is 18.7 Å². The zero-order chi connectivity index (χ0) is 19.5. The Hall–Kier alpha value is -3.22. The molecule has 0 aliphatic carbocycles. The second-order valence-electron chi connectivity index (χ2n) is 6.93. The van der Waals surface area contributed by atoms with E-state index in [0.29, 0.717) is 31.2 Å². The van der Waals surface area contributed by atoms with Crippen LogP contribution in [0.1, 0.15) is 46.5 Å². The molecule has 1 N–H and O–H groups in total. The molecule has 3 heterocycles. The van der Waals surface area contributed by atoms with Gasteiger partial charge < -0.3 is 14.4 Å². The maximum absolute atomic E-state index is 13.3. The van der Waals surface area contributed by atoms with Crippen molar-refractivity contribution in [1.29, 1.82) is 0 Å². The first kappa shape index (κ1) is 18.2. The predicted molar refractivity (Wildman–Crippen MR) is 99.5 cm³/mol. The number of rotatable bonds is 4. The lowest BCUT2D eigenvalue weighted by Crippen LogP contribution is -2.39. The molecule has 0 saturated carbocycles. The number of carbonyl (C=O) groups excluding carboxylic acids is 1. The molecule has 0 unspecified atom stereocenters. The molecule has 1 aromatic carbocycles.